The van der Waals surface area contributed by atoms with Crippen LogP contribution in [0.2, 0.25) is 0 Å². The first-order valence-corrected chi connectivity index (χ1v) is 34.7. The van der Waals surface area contributed by atoms with Crippen molar-refractivity contribution in [2.75, 3.05) is 88.3 Å². The van der Waals surface area contributed by atoms with Gasteiger partial charge in [0.2, 0.25) is 65.0 Å². The number of carbonyl (C=O) groups excluding carboxylic acids is 11. The molecular formula is C68H125N13O14. The maximum absolute atomic E-state index is 15.1. The Morgan fingerprint density at radius 2 is 0.979 bits per heavy atom. The van der Waals surface area contributed by atoms with E-state index in [-0.39, 0.29) is 50.0 Å². The van der Waals surface area contributed by atoms with Crippen LogP contribution in [0.3, 0.4) is 0 Å². The monoisotopic (exact) mass is 1350 g/mol. The van der Waals surface area contributed by atoms with Gasteiger partial charge in [-0.2, -0.15) is 0 Å². The SMILES string of the molecule is CC[C@@H]1NC(=O)[C@H]([C@H](O)[C@H](C)CCCCN)NC(=O)[C@H](C(C)C)N(C)C(=O)[C@H](CC(C)C)N(C)C(=O)[C@H](CC(C)C)N(C)C(=O)[C@@H](C)NC(=O)[C@H](C)NC(=O)[C@H](CC(C)C)N(C)C(=O)[C@H](C(C)C)NC(=O)[C@H]([C@@H](C)OCCCCN2CCOCC2)N(C)C(=O)[C@@H](C)N(C)C1=O. The highest BCUT2D eigenvalue weighted by Gasteiger charge is 2.45. The van der Waals surface area contributed by atoms with Gasteiger partial charge in [-0.15, -0.1) is 0 Å². The van der Waals surface area contributed by atoms with Crippen molar-refractivity contribution >= 4 is 65.0 Å². The molecule has 0 spiro atoms. The number of likely N-dealkylation sites (N-methyl/N-ethyl adjacent to an activating group) is 6. The number of morpholine rings is 1. The van der Waals surface area contributed by atoms with Gasteiger partial charge in [-0.25, -0.2) is 0 Å². The molecule has 95 heavy (non-hydrogen) atoms. The van der Waals surface area contributed by atoms with Gasteiger partial charge >= 0.3 is 0 Å². The highest BCUT2D eigenvalue weighted by atomic mass is 16.5. The summed E-state index contributed by atoms with van der Waals surface area (Å²) in [4.78, 5) is 172. The summed E-state index contributed by atoms with van der Waals surface area (Å²) in [5, 5.41) is 25.9. The minimum absolute atomic E-state index is 0.0148. The third-order valence-electron chi connectivity index (χ3n) is 18.5. The number of aliphatic hydroxyl groups excluding tert-OH is 1. The lowest BCUT2D eigenvalue weighted by Gasteiger charge is -2.40. The zero-order chi connectivity index (χ0) is 72.6. The average molecular weight is 1350 g/mol. The highest BCUT2D eigenvalue weighted by molar-refractivity contribution is 6.00. The molecule has 11 amide bonds. The minimum Gasteiger partial charge on any atom is -0.390 e. The number of amides is 11. The second-order valence-electron chi connectivity index (χ2n) is 28.6. The van der Waals surface area contributed by atoms with Crippen molar-refractivity contribution in [1.29, 1.82) is 0 Å². The summed E-state index contributed by atoms with van der Waals surface area (Å²) in [5.41, 5.74) is 5.82. The number of hydrogen-bond donors (Lipinski definition) is 7. The van der Waals surface area contributed by atoms with Crippen LogP contribution in [0.15, 0.2) is 0 Å². The fourth-order valence-electron chi connectivity index (χ4n) is 12.3. The van der Waals surface area contributed by atoms with Crippen LogP contribution >= 0.6 is 0 Å². The standard InChI is InChI=1S/C68H125N13O14/c1-23-49-65(90)75(17)47(15)64(89)80(22)56(48(16)95-33-27-26-30-81-31-34-94-35-32-81)62(87)73-53(42(8)9)68(93)76(18)50(36-39(2)3)59(84)70-45(13)58(83)71-46(14)63(88)77(19)51(37-40(4)5)66(91)78(20)52(38-41(6)7)67(92)79(21)55(43(10)11)61(86)74-54(60(85)72-49)57(82)44(12)28-24-25-29-69/h39-57,82H,23-38,69H2,1-22H3,(H,70,84)(H,71,83)(H,72,85)(H,73,87)(H,74,86)/t44-,45+,46-,47-,48-,49+,50+,51+,52+,53+,54+,55+,56+,57-/m1/s1. The molecule has 0 unspecified atom stereocenters. The van der Waals surface area contributed by atoms with Gasteiger partial charge in [0.05, 0.1) is 25.4 Å². The van der Waals surface area contributed by atoms with E-state index in [2.05, 4.69) is 31.5 Å². The van der Waals surface area contributed by atoms with Crippen molar-refractivity contribution in [2.45, 2.75) is 247 Å². The van der Waals surface area contributed by atoms with Crippen LogP contribution in [0.4, 0.5) is 0 Å². The third kappa shape index (κ3) is 25.1. The van der Waals surface area contributed by atoms with E-state index in [1.165, 1.54) is 82.7 Å². The van der Waals surface area contributed by atoms with E-state index in [0.717, 1.165) is 35.9 Å². The number of nitrogens with two attached hydrogens (primary N) is 1. The fraction of sp³-hybridized carbons (Fsp3) is 0.838. The van der Waals surface area contributed by atoms with Gasteiger partial charge in [0.25, 0.3) is 0 Å². The van der Waals surface area contributed by atoms with Gasteiger partial charge < -0.3 is 76.3 Å². The molecule has 0 aromatic heterocycles. The normalized spacial score (nSPS) is 27.4. The Balaban J connectivity index is 2.97. The molecule has 14 atom stereocenters. The molecule has 2 saturated heterocycles. The Morgan fingerprint density at radius 3 is 1.49 bits per heavy atom. The van der Waals surface area contributed by atoms with Gasteiger partial charge in [0.1, 0.15) is 66.5 Å². The summed E-state index contributed by atoms with van der Waals surface area (Å²) in [6.45, 7) is 31.6. The molecule has 27 heteroatoms. The Bertz CT molecular complexity index is 2510. The molecule has 27 nitrogen and oxygen atoms in total. The summed E-state index contributed by atoms with van der Waals surface area (Å²) < 4.78 is 11.8. The summed E-state index contributed by atoms with van der Waals surface area (Å²) in [6.07, 6.45) is 0.860. The number of unbranched alkanes of at least 4 members (excludes halogenated alkanes) is 2. The zero-order valence-corrected chi connectivity index (χ0v) is 61.7. The molecule has 2 heterocycles. The molecule has 0 radical (unpaired) electrons. The summed E-state index contributed by atoms with van der Waals surface area (Å²) >= 11 is 0. The Hall–Kier alpha value is -6.03. The van der Waals surface area contributed by atoms with Crippen molar-refractivity contribution in [2.24, 2.45) is 41.2 Å². The number of hydrogen-bond acceptors (Lipinski definition) is 16. The number of aliphatic hydroxyl groups is 1. The Morgan fingerprint density at radius 1 is 0.495 bits per heavy atom. The summed E-state index contributed by atoms with van der Waals surface area (Å²) in [7, 11) is 8.51. The number of carbonyl (C=O) groups is 11. The van der Waals surface area contributed by atoms with E-state index in [0.29, 0.717) is 45.4 Å². The van der Waals surface area contributed by atoms with E-state index in [9.17, 15) is 43.5 Å². The molecule has 2 aliphatic heterocycles. The molecule has 2 aliphatic rings. The predicted molar refractivity (Wildman–Crippen MR) is 364 cm³/mol. The highest BCUT2D eigenvalue weighted by Crippen LogP contribution is 2.25. The molecule has 2 fully saturated rings. The molecule has 8 N–H and O–H groups in total. The van der Waals surface area contributed by atoms with E-state index in [4.69, 9.17) is 15.2 Å². The van der Waals surface area contributed by atoms with E-state index in [1.807, 2.05) is 41.5 Å². The van der Waals surface area contributed by atoms with Crippen LogP contribution in [0.5, 0.6) is 0 Å². The second kappa shape index (κ2) is 40.6. The minimum atomic E-state index is -1.69. The van der Waals surface area contributed by atoms with Gasteiger partial charge in [-0.05, 0) is 128 Å². The molecule has 0 aromatic rings. The lowest BCUT2D eigenvalue weighted by molar-refractivity contribution is -0.154. The first-order chi connectivity index (χ1) is 44.3. The first kappa shape index (κ1) is 85.1. The van der Waals surface area contributed by atoms with Crippen LogP contribution in [-0.4, -0.2) is 271 Å². The predicted octanol–water partition coefficient (Wildman–Crippen LogP) is 1.95. The van der Waals surface area contributed by atoms with E-state index in [1.54, 1.807) is 48.5 Å². The molecule has 0 aliphatic carbocycles. The largest absolute Gasteiger partial charge is 0.390 e. The maximum Gasteiger partial charge on any atom is 0.246 e. The summed E-state index contributed by atoms with van der Waals surface area (Å²) in [6, 6.07) is -14.3. The van der Waals surface area contributed by atoms with Crippen LogP contribution in [0, 0.1) is 35.5 Å². The molecular weight excluding hydrogens is 1220 g/mol. The lowest BCUT2D eigenvalue weighted by Crippen LogP contribution is -2.64. The Kier molecular flexibility index (Phi) is 36.4. The smallest absolute Gasteiger partial charge is 0.246 e. The van der Waals surface area contributed by atoms with Gasteiger partial charge in [-0.3, -0.25) is 57.6 Å². The average Bonchev–Trinajstić information content (AvgIpc) is 0.826. The molecule has 0 bridgehead atoms. The van der Waals surface area contributed by atoms with Crippen LogP contribution < -0.4 is 32.3 Å². The van der Waals surface area contributed by atoms with Crippen molar-refractivity contribution in [3.63, 3.8) is 0 Å². The molecule has 546 valence electrons. The van der Waals surface area contributed by atoms with Crippen LogP contribution in [-0.2, 0) is 62.2 Å². The Labute approximate surface area is 567 Å². The number of nitrogens with zero attached hydrogens (tertiary/aromatic N) is 7. The molecule has 2 rings (SSSR count). The first-order valence-electron chi connectivity index (χ1n) is 34.7. The number of ether oxygens (including phenoxy) is 2. The quantitative estimate of drug-likeness (QED) is 0.0762. The maximum atomic E-state index is 15.1. The van der Waals surface area contributed by atoms with Crippen molar-refractivity contribution < 1.29 is 67.3 Å². The van der Waals surface area contributed by atoms with Crippen molar-refractivity contribution in [3.05, 3.63) is 0 Å². The summed E-state index contributed by atoms with van der Waals surface area (Å²) in [5.74, 6) is -10.2. The fourth-order valence-corrected chi connectivity index (χ4v) is 12.3. The van der Waals surface area contributed by atoms with Crippen molar-refractivity contribution in [1.82, 2.24) is 60.9 Å². The van der Waals surface area contributed by atoms with Gasteiger partial charge in [0.15, 0.2) is 0 Å². The van der Waals surface area contributed by atoms with Gasteiger partial charge in [0, 0.05) is 62.0 Å². The zero-order valence-electron chi connectivity index (χ0n) is 61.7. The topological polar surface area (TPSA) is 335 Å². The second-order valence-corrected chi connectivity index (χ2v) is 28.6. The molecule has 0 aromatic carbocycles. The lowest BCUT2D eigenvalue weighted by atomic mass is 9.91. The van der Waals surface area contributed by atoms with Crippen LogP contribution in [0.25, 0.3) is 0 Å². The van der Waals surface area contributed by atoms with E-state index < -0.39 is 161 Å². The number of nitrogens with one attached hydrogen (secondary N) is 5. The van der Waals surface area contributed by atoms with Crippen LogP contribution in [0.1, 0.15) is 169 Å². The van der Waals surface area contributed by atoms with E-state index >= 15 is 14.4 Å². The molecule has 0 saturated carbocycles. The van der Waals surface area contributed by atoms with Crippen molar-refractivity contribution in [3.8, 4) is 0 Å². The third-order valence-corrected chi connectivity index (χ3v) is 18.5. The van der Waals surface area contributed by atoms with Gasteiger partial charge in [-0.1, -0.05) is 89.5 Å². The number of rotatable bonds is 22.